The number of sulfone groups is 1. The number of aryl methyl sites for hydroxylation is 1. The predicted molar refractivity (Wildman–Crippen MR) is 77.2 cm³/mol. The zero-order chi connectivity index (χ0) is 15.3. The highest BCUT2D eigenvalue weighted by atomic mass is 32.2. The molecule has 2 atom stereocenters. The van der Waals surface area contributed by atoms with Gasteiger partial charge in [0.1, 0.15) is 22.9 Å². The molecule has 110 valence electrons. The van der Waals surface area contributed by atoms with E-state index in [-0.39, 0.29) is 17.9 Å². The number of hydrogen-bond donors (Lipinski definition) is 1. The van der Waals surface area contributed by atoms with Crippen LogP contribution in [0.1, 0.15) is 23.8 Å². The minimum atomic E-state index is -3.28. The van der Waals surface area contributed by atoms with Gasteiger partial charge in [0, 0.05) is 10.9 Å². The average molecular weight is 305 g/mol. The van der Waals surface area contributed by atoms with E-state index < -0.39 is 21.4 Å². The van der Waals surface area contributed by atoms with Gasteiger partial charge in [-0.2, -0.15) is 5.26 Å². The number of furan rings is 1. The molecule has 2 unspecified atom stereocenters. The Kier molecular flexibility index (Phi) is 3.08. The van der Waals surface area contributed by atoms with Crippen molar-refractivity contribution >= 4 is 20.8 Å². The molecule has 3 rings (SSSR count). The molecule has 2 aromatic rings. The summed E-state index contributed by atoms with van der Waals surface area (Å²) in [7, 11) is -3.28. The molecule has 1 aromatic heterocycles. The van der Waals surface area contributed by atoms with E-state index >= 15 is 0 Å². The van der Waals surface area contributed by atoms with Crippen molar-refractivity contribution in [3.8, 4) is 6.07 Å². The molecule has 1 saturated heterocycles. The average Bonchev–Trinajstić information content (AvgIpc) is 2.94. The summed E-state index contributed by atoms with van der Waals surface area (Å²) in [6.07, 6.45) is -1.03. The van der Waals surface area contributed by atoms with E-state index in [0.717, 1.165) is 5.39 Å². The summed E-state index contributed by atoms with van der Waals surface area (Å²) >= 11 is 0. The molecule has 0 amide bonds. The maximum Gasteiger partial charge on any atom is 0.152 e. The molecule has 0 saturated carbocycles. The van der Waals surface area contributed by atoms with Crippen molar-refractivity contribution in [1.82, 2.24) is 0 Å². The van der Waals surface area contributed by atoms with Crippen LogP contribution in [0.15, 0.2) is 28.7 Å². The van der Waals surface area contributed by atoms with Gasteiger partial charge in [0.15, 0.2) is 9.84 Å². The first-order chi connectivity index (χ1) is 9.88. The Morgan fingerprint density at radius 3 is 2.76 bits per heavy atom. The largest absolute Gasteiger partial charge is 0.461 e. The molecular weight excluding hydrogens is 290 g/mol. The lowest BCUT2D eigenvalue weighted by Gasteiger charge is -2.25. The molecule has 6 heteroatoms. The van der Waals surface area contributed by atoms with Gasteiger partial charge in [-0.3, -0.25) is 0 Å². The number of para-hydroxylation sites is 1. The van der Waals surface area contributed by atoms with E-state index in [1.165, 1.54) is 0 Å². The fraction of sp³-hybridized carbons (Fsp3) is 0.400. The van der Waals surface area contributed by atoms with Gasteiger partial charge >= 0.3 is 0 Å². The quantitative estimate of drug-likeness (QED) is 0.917. The van der Waals surface area contributed by atoms with Crippen LogP contribution in [-0.2, 0) is 9.84 Å². The minimum Gasteiger partial charge on any atom is -0.461 e. The van der Waals surface area contributed by atoms with Crippen molar-refractivity contribution in [3.05, 3.63) is 35.6 Å². The zero-order valence-corrected chi connectivity index (χ0v) is 12.4. The Morgan fingerprint density at radius 1 is 1.43 bits per heavy atom. The van der Waals surface area contributed by atoms with Crippen LogP contribution < -0.4 is 0 Å². The second kappa shape index (κ2) is 4.58. The first kappa shape index (κ1) is 14.1. The van der Waals surface area contributed by atoms with Crippen LogP contribution in [0.3, 0.4) is 0 Å². The smallest absolute Gasteiger partial charge is 0.152 e. The molecule has 0 spiro atoms. The minimum absolute atomic E-state index is 0.0630. The molecule has 1 aromatic carbocycles. The van der Waals surface area contributed by atoms with Crippen molar-refractivity contribution in [1.29, 1.82) is 5.26 Å². The standard InChI is InChI=1S/C15H15NO4S/c1-10-13(11-4-2-3-5-12(11)20-10)14(17)15(8-16)6-7-21(18,19)9-15/h2-5,14,17H,6-7,9H2,1H3. The van der Waals surface area contributed by atoms with Crippen LogP contribution in [-0.4, -0.2) is 25.0 Å². The molecule has 1 aliphatic rings. The summed E-state index contributed by atoms with van der Waals surface area (Å²) in [6, 6.07) is 9.27. The third-order valence-electron chi connectivity index (χ3n) is 4.18. The van der Waals surface area contributed by atoms with Crippen molar-refractivity contribution in [2.75, 3.05) is 11.5 Å². The number of aliphatic hydroxyl groups is 1. The molecule has 21 heavy (non-hydrogen) atoms. The number of benzene rings is 1. The van der Waals surface area contributed by atoms with Gasteiger partial charge in [-0.25, -0.2) is 8.42 Å². The summed E-state index contributed by atoms with van der Waals surface area (Å²) < 4.78 is 29.1. The molecule has 1 aliphatic heterocycles. The highest BCUT2D eigenvalue weighted by molar-refractivity contribution is 7.91. The van der Waals surface area contributed by atoms with E-state index in [9.17, 15) is 18.8 Å². The molecule has 1 fully saturated rings. The van der Waals surface area contributed by atoms with Crippen LogP contribution >= 0.6 is 0 Å². The molecule has 5 nitrogen and oxygen atoms in total. The maximum absolute atomic E-state index is 11.7. The molecule has 0 radical (unpaired) electrons. The Balaban J connectivity index is 2.15. The Morgan fingerprint density at radius 2 is 2.14 bits per heavy atom. The highest BCUT2D eigenvalue weighted by Crippen LogP contribution is 2.46. The summed E-state index contributed by atoms with van der Waals surface area (Å²) in [5, 5.41) is 20.9. The molecule has 1 N–H and O–H groups in total. The van der Waals surface area contributed by atoms with Gasteiger partial charge < -0.3 is 9.52 Å². The fourth-order valence-corrected chi connectivity index (χ4v) is 5.01. The first-order valence-electron chi connectivity index (χ1n) is 6.66. The Bertz CT molecular complexity index is 846. The van der Waals surface area contributed by atoms with E-state index in [4.69, 9.17) is 4.42 Å². The lowest BCUT2D eigenvalue weighted by Crippen LogP contribution is -2.29. The number of nitriles is 1. The number of aliphatic hydroxyl groups excluding tert-OH is 1. The van der Waals surface area contributed by atoms with Crippen LogP contribution in [0.5, 0.6) is 0 Å². The Hall–Kier alpha value is -1.84. The van der Waals surface area contributed by atoms with Crippen LogP contribution in [0.4, 0.5) is 0 Å². The molecule has 0 aliphatic carbocycles. The second-order valence-electron chi connectivity index (χ2n) is 5.58. The summed E-state index contributed by atoms with van der Waals surface area (Å²) in [5.74, 6) is 0.144. The number of rotatable bonds is 2. The number of nitrogens with zero attached hydrogens (tertiary/aromatic N) is 1. The third-order valence-corrected chi connectivity index (χ3v) is 5.96. The molecule has 0 bridgehead atoms. The topological polar surface area (TPSA) is 91.3 Å². The van der Waals surface area contributed by atoms with Gasteiger partial charge in [-0.15, -0.1) is 0 Å². The number of fused-ring (bicyclic) bond motifs is 1. The fourth-order valence-electron chi connectivity index (χ4n) is 3.04. The van der Waals surface area contributed by atoms with Crippen LogP contribution in [0, 0.1) is 23.7 Å². The highest BCUT2D eigenvalue weighted by Gasteiger charge is 2.49. The molecular formula is C15H15NO4S. The lowest BCUT2D eigenvalue weighted by atomic mass is 9.79. The zero-order valence-electron chi connectivity index (χ0n) is 11.5. The summed E-state index contributed by atoms with van der Waals surface area (Å²) in [6.45, 7) is 1.72. The maximum atomic E-state index is 11.7. The molecule has 2 heterocycles. The van der Waals surface area contributed by atoms with Gasteiger partial charge in [0.25, 0.3) is 0 Å². The van der Waals surface area contributed by atoms with Crippen molar-refractivity contribution < 1.29 is 17.9 Å². The normalized spacial score (nSPS) is 25.8. The van der Waals surface area contributed by atoms with E-state index in [0.29, 0.717) is 16.9 Å². The number of hydrogen-bond acceptors (Lipinski definition) is 5. The van der Waals surface area contributed by atoms with Crippen molar-refractivity contribution in [2.45, 2.75) is 19.4 Å². The second-order valence-corrected chi connectivity index (χ2v) is 7.76. The van der Waals surface area contributed by atoms with Crippen molar-refractivity contribution in [2.24, 2.45) is 5.41 Å². The van der Waals surface area contributed by atoms with E-state index in [1.54, 1.807) is 19.1 Å². The van der Waals surface area contributed by atoms with Gasteiger partial charge in [-0.1, -0.05) is 18.2 Å². The van der Waals surface area contributed by atoms with Crippen LogP contribution in [0.25, 0.3) is 11.0 Å². The van der Waals surface area contributed by atoms with Crippen LogP contribution in [0.2, 0.25) is 0 Å². The monoisotopic (exact) mass is 305 g/mol. The first-order valence-corrected chi connectivity index (χ1v) is 8.48. The van der Waals surface area contributed by atoms with Gasteiger partial charge in [0.2, 0.25) is 0 Å². The summed E-state index contributed by atoms with van der Waals surface area (Å²) in [5.41, 5.74) is -0.154. The van der Waals surface area contributed by atoms with Gasteiger partial charge in [-0.05, 0) is 19.4 Å². The van der Waals surface area contributed by atoms with E-state index in [2.05, 4.69) is 0 Å². The van der Waals surface area contributed by atoms with Crippen molar-refractivity contribution in [3.63, 3.8) is 0 Å². The summed E-state index contributed by atoms with van der Waals surface area (Å²) in [4.78, 5) is 0. The lowest BCUT2D eigenvalue weighted by molar-refractivity contribution is 0.0790. The predicted octanol–water partition coefficient (Wildman–Crippen LogP) is 2.10. The Labute approximate surface area is 122 Å². The van der Waals surface area contributed by atoms with Gasteiger partial charge in [0.05, 0.1) is 17.6 Å². The van der Waals surface area contributed by atoms with E-state index in [1.807, 2.05) is 18.2 Å². The SMILES string of the molecule is Cc1oc2ccccc2c1C(O)C1(C#N)CCS(=O)(=O)C1. The third kappa shape index (κ3) is 2.13.